The average molecular weight is 193 g/mol. The van der Waals surface area contributed by atoms with Crippen LogP contribution in [-0.4, -0.2) is 49.0 Å². The van der Waals surface area contributed by atoms with Gasteiger partial charge in [0.15, 0.2) is 0 Å². The molecule has 6 heteroatoms. The molecular formula is C6H15NO4Si. The molecule has 0 spiro atoms. The molecule has 12 heavy (non-hydrogen) atoms. The maximum Gasteiger partial charge on any atom is 0.518 e. The van der Waals surface area contributed by atoms with Gasteiger partial charge in [0.1, 0.15) is 0 Å². The second-order valence-electron chi connectivity index (χ2n) is 2.54. The quantitative estimate of drug-likeness (QED) is 0.432. The molecule has 0 bridgehead atoms. The van der Waals surface area contributed by atoms with Crippen LogP contribution in [0.3, 0.4) is 0 Å². The maximum atomic E-state index is 10.3. The molecule has 0 saturated heterocycles. The van der Waals surface area contributed by atoms with E-state index in [0.29, 0.717) is 6.41 Å². The van der Waals surface area contributed by atoms with Crippen molar-refractivity contribution in [2.45, 2.75) is 19.5 Å². The van der Waals surface area contributed by atoms with Gasteiger partial charge in [-0.15, -0.1) is 0 Å². The molecule has 0 aliphatic carbocycles. The van der Waals surface area contributed by atoms with Gasteiger partial charge in [-0.1, -0.05) is 0 Å². The number of nitrogens with zero attached hydrogens (tertiary/aromatic N) is 1. The van der Waals surface area contributed by atoms with Gasteiger partial charge in [-0.05, 0) is 13.8 Å². The second kappa shape index (κ2) is 4.56. The molecule has 0 heterocycles. The fraction of sp³-hybridized carbons (Fsp3) is 0.833. The lowest BCUT2D eigenvalue weighted by molar-refractivity contribution is -0.118. The Kier molecular flexibility index (Phi) is 4.39. The summed E-state index contributed by atoms with van der Waals surface area (Å²) in [5.41, 5.74) is -0.657. The molecule has 0 aromatic rings. The van der Waals surface area contributed by atoms with Gasteiger partial charge in [-0.3, -0.25) is 4.79 Å². The number of carbonyl (C=O) groups excluding carboxylic acids is 1. The Morgan fingerprint density at radius 1 is 1.67 bits per heavy atom. The molecule has 2 N–H and O–H groups in total. The van der Waals surface area contributed by atoms with Crippen LogP contribution in [0.4, 0.5) is 0 Å². The Morgan fingerprint density at radius 2 is 2.17 bits per heavy atom. The highest BCUT2D eigenvalue weighted by Gasteiger charge is 2.41. The lowest BCUT2D eigenvalue weighted by Crippen LogP contribution is -2.56. The molecule has 0 rings (SSSR count). The zero-order chi connectivity index (χ0) is 9.78. The highest BCUT2D eigenvalue weighted by molar-refractivity contribution is 6.59. The van der Waals surface area contributed by atoms with Crippen molar-refractivity contribution in [3.05, 3.63) is 0 Å². The van der Waals surface area contributed by atoms with E-state index in [4.69, 9.17) is 4.43 Å². The summed E-state index contributed by atoms with van der Waals surface area (Å²) in [6.45, 7) is 3.44. The van der Waals surface area contributed by atoms with E-state index in [1.807, 2.05) is 0 Å². The maximum absolute atomic E-state index is 10.3. The van der Waals surface area contributed by atoms with Gasteiger partial charge in [0.2, 0.25) is 6.41 Å². The Bertz CT molecular complexity index is 152. The molecule has 0 radical (unpaired) electrons. The molecular weight excluding hydrogens is 178 g/mol. The number of amides is 1. The Hall–Kier alpha value is -0.433. The minimum absolute atomic E-state index is 0.232. The van der Waals surface area contributed by atoms with E-state index in [1.54, 1.807) is 6.92 Å². The van der Waals surface area contributed by atoms with Gasteiger partial charge >= 0.3 is 8.80 Å². The molecule has 1 amide bonds. The van der Waals surface area contributed by atoms with Crippen molar-refractivity contribution in [3.63, 3.8) is 0 Å². The average Bonchev–Trinajstić information content (AvgIpc) is 2.01. The van der Waals surface area contributed by atoms with Crippen molar-refractivity contribution in [2.75, 3.05) is 13.7 Å². The second-order valence-corrected chi connectivity index (χ2v) is 4.98. The predicted molar refractivity (Wildman–Crippen MR) is 45.1 cm³/mol. The molecule has 0 saturated carbocycles. The lowest BCUT2D eigenvalue weighted by atomic mass is 10.7. The number of hydrogen-bond donors (Lipinski definition) is 2. The highest BCUT2D eigenvalue weighted by Crippen LogP contribution is 2.07. The van der Waals surface area contributed by atoms with Crippen LogP contribution in [-0.2, 0) is 9.22 Å². The first kappa shape index (κ1) is 11.6. The third-order valence-electron chi connectivity index (χ3n) is 1.68. The molecule has 0 aliphatic rings. The Balaban J connectivity index is 4.22. The van der Waals surface area contributed by atoms with Crippen LogP contribution in [0.1, 0.15) is 13.8 Å². The Labute approximate surface area is 72.9 Å². The highest BCUT2D eigenvalue weighted by atomic mass is 28.4. The third kappa shape index (κ3) is 2.90. The van der Waals surface area contributed by atoms with E-state index >= 15 is 0 Å². The van der Waals surface area contributed by atoms with Crippen LogP contribution in [0.2, 0.25) is 0 Å². The van der Waals surface area contributed by atoms with Gasteiger partial charge in [-0.2, -0.15) is 0 Å². The minimum Gasteiger partial charge on any atom is -0.389 e. The van der Waals surface area contributed by atoms with E-state index < -0.39 is 14.5 Å². The fourth-order valence-electron chi connectivity index (χ4n) is 0.690. The van der Waals surface area contributed by atoms with Crippen LogP contribution >= 0.6 is 0 Å². The molecule has 0 fully saturated rings. The van der Waals surface area contributed by atoms with E-state index in [9.17, 15) is 14.4 Å². The number of carbonyl (C=O) groups is 1. The van der Waals surface area contributed by atoms with Crippen molar-refractivity contribution in [1.82, 2.24) is 4.90 Å². The molecule has 5 nitrogen and oxygen atoms in total. The number of rotatable bonds is 5. The first-order valence-electron chi connectivity index (χ1n) is 3.71. The summed E-state index contributed by atoms with van der Waals surface area (Å²) in [5.74, 6) is 0. The monoisotopic (exact) mass is 193 g/mol. The van der Waals surface area contributed by atoms with E-state index in [-0.39, 0.29) is 6.61 Å². The van der Waals surface area contributed by atoms with Crippen LogP contribution in [0.15, 0.2) is 0 Å². The van der Waals surface area contributed by atoms with Crippen LogP contribution in [0.5, 0.6) is 0 Å². The Morgan fingerprint density at radius 3 is 2.50 bits per heavy atom. The number of hydrogen-bond acceptors (Lipinski definition) is 4. The molecule has 0 aromatic carbocycles. The minimum atomic E-state index is -3.70. The summed E-state index contributed by atoms with van der Waals surface area (Å²) in [4.78, 5) is 30.2. The largest absolute Gasteiger partial charge is 0.518 e. The third-order valence-corrected chi connectivity index (χ3v) is 3.89. The smallest absolute Gasteiger partial charge is 0.389 e. The summed E-state index contributed by atoms with van der Waals surface area (Å²) < 4.78 is 4.76. The van der Waals surface area contributed by atoms with Crippen molar-refractivity contribution >= 4 is 15.2 Å². The van der Waals surface area contributed by atoms with Gasteiger partial charge < -0.3 is 18.9 Å². The van der Waals surface area contributed by atoms with Crippen LogP contribution < -0.4 is 0 Å². The zero-order valence-corrected chi connectivity index (χ0v) is 8.52. The topological polar surface area (TPSA) is 70.0 Å². The van der Waals surface area contributed by atoms with Gasteiger partial charge in [0.25, 0.3) is 0 Å². The zero-order valence-electron chi connectivity index (χ0n) is 7.52. The lowest BCUT2D eigenvalue weighted by Gasteiger charge is -2.28. The van der Waals surface area contributed by atoms with Gasteiger partial charge in [0, 0.05) is 13.7 Å². The standard InChI is InChI=1S/C6H15NO4Si/c1-4-11-12(9,10)6(2)7(3)5-8/h5-6,9-10H,4H2,1-3H3. The van der Waals surface area contributed by atoms with Crippen molar-refractivity contribution in [2.24, 2.45) is 0 Å². The van der Waals surface area contributed by atoms with Crippen molar-refractivity contribution in [3.8, 4) is 0 Å². The molecule has 0 aromatic heterocycles. The van der Waals surface area contributed by atoms with Gasteiger partial charge in [-0.25, -0.2) is 0 Å². The van der Waals surface area contributed by atoms with E-state index in [1.165, 1.54) is 18.9 Å². The SMILES string of the molecule is CCO[Si](O)(O)C(C)N(C)C=O. The molecule has 1 unspecified atom stereocenters. The first-order chi connectivity index (χ1) is 5.45. The van der Waals surface area contributed by atoms with Crippen molar-refractivity contribution < 1.29 is 18.8 Å². The van der Waals surface area contributed by atoms with Crippen molar-refractivity contribution in [1.29, 1.82) is 0 Å². The molecule has 0 aliphatic heterocycles. The van der Waals surface area contributed by atoms with Crippen LogP contribution in [0, 0.1) is 0 Å². The molecule has 1 atom stereocenters. The van der Waals surface area contributed by atoms with Crippen LogP contribution in [0.25, 0.3) is 0 Å². The van der Waals surface area contributed by atoms with E-state index in [0.717, 1.165) is 0 Å². The summed E-state index contributed by atoms with van der Waals surface area (Å²) in [6, 6.07) is 0. The summed E-state index contributed by atoms with van der Waals surface area (Å²) >= 11 is 0. The van der Waals surface area contributed by atoms with E-state index in [2.05, 4.69) is 0 Å². The summed E-state index contributed by atoms with van der Waals surface area (Å²) in [5, 5.41) is 0. The fourth-order valence-corrected chi connectivity index (χ4v) is 1.95. The predicted octanol–water partition coefficient (Wildman–Crippen LogP) is -1.04. The molecule has 72 valence electrons. The normalized spacial score (nSPS) is 14.1. The summed E-state index contributed by atoms with van der Waals surface area (Å²) in [7, 11) is -2.22. The summed E-state index contributed by atoms with van der Waals surface area (Å²) in [6.07, 6.45) is 0.540. The first-order valence-corrected chi connectivity index (χ1v) is 5.59. The van der Waals surface area contributed by atoms with Gasteiger partial charge in [0.05, 0.1) is 5.67 Å².